The number of carbonyl (C=O) groups is 1. The zero-order valence-corrected chi connectivity index (χ0v) is 17.4. The molecule has 0 radical (unpaired) electrons. The Morgan fingerprint density at radius 3 is 2.63 bits per heavy atom. The minimum Gasteiger partial charge on any atom is -0.384 e. The van der Waals surface area contributed by atoms with E-state index in [1.165, 1.54) is 5.56 Å². The Bertz CT molecular complexity index is 1030. The van der Waals surface area contributed by atoms with Crippen molar-refractivity contribution in [2.45, 2.75) is 32.6 Å². The average Bonchev–Trinajstić information content (AvgIpc) is 2.75. The number of rotatable bonds is 4. The molecule has 1 fully saturated rings. The van der Waals surface area contributed by atoms with Gasteiger partial charge in [-0.05, 0) is 63.1 Å². The van der Waals surface area contributed by atoms with Crippen molar-refractivity contribution >= 4 is 23.1 Å². The second-order valence-electron chi connectivity index (χ2n) is 7.98. The maximum absolute atomic E-state index is 12.9. The van der Waals surface area contributed by atoms with Gasteiger partial charge in [0.05, 0.1) is 5.56 Å². The molecule has 1 unspecified atom stereocenters. The van der Waals surface area contributed by atoms with Gasteiger partial charge in [0.1, 0.15) is 5.82 Å². The lowest BCUT2D eigenvalue weighted by atomic mass is 9.93. The van der Waals surface area contributed by atoms with Crippen LogP contribution in [0.2, 0.25) is 0 Å². The Hall–Kier alpha value is -3.41. The highest BCUT2D eigenvalue weighted by Crippen LogP contribution is 2.29. The molecule has 6 nitrogen and oxygen atoms in total. The van der Waals surface area contributed by atoms with Gasteiger partial charge in [-0.3, -0.25) is 9.78 Å². The summed E-state index contributed by atoms with van der Waals surface area (Å²) >= 11 is 0. The van der Waals surface area contributed by atoms with Crippen LogP contribution in [0.15, 0.2) is 54.7 Å². The zero-order chi connectivity index (χ0) is 21.1. The summed E-state index contributed by atoms with van der Waals surface area (Å²) in [4.78, 5) is 23.6. The van der Waals surface area contributed by atoms with E-state index in [9.17, 15) is 4.79 Å². The van der Waals surface area contributed by atoms with E-state index < -0.39 is 0 Å². The Balaban J connectivity index is 1.51. The van der Waals surface area contributed by atoms with Gasteiger partial charge < -0.3 is 16.0 Å². The normalized spacial score (nSPS) is 16.3. The first-order valence-electron chi connectivity index (χ1n) is 10.3. The topological polar surface area (TPSA) is 84.1 Å². The third-order valence-corrected chi connectivity index (χ3v) is 5.47. The van der Waals surface area contributed by atoms with Gasteiger partial charge in [0.2, 0.25) is 0 Å². The van der Waals surface area contributed by atoms with E-state index in [1.54, 1.807) is 18.3 Å². The maximum atomic E-state index is 12.9. The number of hydrogen-bond donors (Lipinski definition) is 2. The lowest BCUT2D eigenvalue weighted by molar-refractivity contribution is 0.0705. The van der Waals surface area contributed by atoms with Crippen LogP contribution in [0.4, 0.5) is 17.2 Å². The third-order valence-electron chi connectivity index (χ3n) is 5.47. The van der Waals surface area contributed by atoms with Gasteiger partial charge in [0.25, 0.3) is 5.91 Å². The lowest BCUT2D eigenvalue weighted by Crippen LogP contribution is -2.39. The molecule has 0 aliphatic carbocycles. The van der Waals surface area contributed by atoms with Crippen molar-refractivity contribution in [2.24, 2.45) is 0 Å². The highest BCUT2D eigenvalue weighted by atomic mass is 16.2. The molecular weight excluding hydrogens is 374 g/mol. The van der Waals surface area contributed by atoms with Crippen LogP contribution in [0.3, 0.4) is 0 Å². The Kier molecular flexibility index (Phi) is 5.65. The molecular formula is C24H27N5O. The highest BCUT2D eigenvalue weighted by molar-refractivity contribution is 5.94. The fourth-order valence-corrected chi connectivity index (χ4v) is 3.90. The number of piperidine rings is 1. The summed E-state index contributed by atoms with van der Waals surface area (Å²) in [5, 5.41) is 3.48. The fourth-order valence-electron chi connectivity index (χ4n) is 3.90. The van der Waals surface area contributed by atoms with Crippen LogP contribution in [-0.4, -0.2) is 33.9 Å². The van der Waals surface area contributed by atoms with Gasteiger partial charge in [-0.15, -0.1) is 0 Å². The first-order valence-corrected chi connectivity index (χ1v) is 10.3. The molecule has 30 heavy (non-hydrogen) atoms. The number of aromatic nitrogens is 2. The number of aryl methyl sites for hydroxylation is 2. The number of pyridine rings is 2. The maximum Gasteiger partial charge on any atom is 0.255 e. The van der Waals surface area contributed by atoms with Crippen LogP contribution in [0.25, 0.3) is 0 Å². The van der Waals surface area contributed by atoms with E-state index in [2.05, 4.69) is 53.6 Å². The number of nitrogens with two attached hydrogens (primary N) is 1. The molecule has 0 bridgehead atoms. The van der Waals surface area contributed by atoms with Crippen molar-refractivity contribution in [3.63, 3.8) is 0 Å². The molecule has 1 saturated heterocycles. The van der Waals surface area contributed by atoms with E-state index in [0.717, 1.165) is 42.1 Å². The average molecular weight is 402 g/mol. The van der Waals surface area contributed by atoms with Crippen LogP contribution < -0.4 is 11.1 Å². The Morgan fingerprint density at radius 1 is 1.10 bits per heavy atom. The van der Waals surface area contributed by atoms with Crippen LogP contribution in [0.1, 0.15) is 46.1 Å². The molecule has 1 amide bonds. The van der Waals surface area contributed by atoms with Gasteiger partial charge in [-0.2, -0.15) is 0 Å². The first kappa shape index (κ1) is 19.9. The third kappa shape index (κ3) is 4.59. The molecule has 6 heteroatoms. The molecule has 1 aliphatic heterocycles. The number of nitrogens with one attached hydrogen (secondary N) is 1. The predicted octanol–water partition coefficient (Wildman–Crippen LogP) is 4.44. The molecule has 3 heterocycles. The second kappa shape index (κ2) is 8.53. The number of anilines is 3. The van der Waals surface area contributed by atoms with E-state index in [-0.39, 0.29) is 11.8 Å². The molecule has 3 aromatic rings. The van der Waals surface area contributed by atoms with Crippen LogP contribution >= 0.6 is 0 Å². The number of nitrogen functional groups attached to an aromatic ring is 1. The number of hydrogen-bond acceptors (Lipinski definition) is 5. The summed E-state index contributed by atoms with van der Waals surface area (Å²) in [6.07, 6.45) is 3.52. The Morgan fingerprint density at radius 2 is 1.90 bits per heavy atom. The molecule has 3 N–H and O–H groups in total. The van der Waals surface area contributed by atoms with Gasteiger partial charge in [-0.1, -0.05) is 17.7 Å². The van der Waals surface area contributed by atoms with E-state index >= 15 is 0 Å². The van der Waals surface area contributed by atoms with Crippen molar-refractivity contribution in [3.05, 3.63) is 77.2 Å². The molecule has 1 atom stereocenters. The van der Waals surface area contributed by atoms with Gasteiger partial charge >= 0.3 is 0 Å². The second-order valence-corrected chi connectivity index (χ2v) is 7.98. The number of likely N-dealkylation sites (tertiary alicyclic amines) is 1. The molecule has 4 rings (SSSR count). The van der Waals surface area contributed by atoms with Gasteiger partial charge in [0, 0.05) is 48.0 Å². The van der Waals surface area contributed by atoms with Crippen molar-refractivity contribution in [1.82, 2.24) is 14.9 Å². The van der Waals surface area contributed by atoms with Crippen molar-refractivity contribution < 1.29 is 4.79 Å². The van der Waals surface area contributed by atoms with Crippen LogP contribution in [0, 0.1) is 13.8 Å². The molecule has 2 aromatic heterocycles. The fraction of sp³-hybridized carbons (Fsp3) is 0.292. The largest absolute Gasteiger partial charge is 0.384 e. The van der Waals surface area contributed by atoms with Crippen molar-refractivity contribution in [2.75, 3.05) is 24.1 Å². The number of nitrogens with zero attached hydrogens (tertiary/aromatic N) is 3. The minimum atomic E-state index is -0.00198. The lowest BCUT2D eigenvalue weighted by Gasteiger charge is -2.33. The first-order chi connectivity index (χ1) is 14.5. The van der Waals surface area contributed by atoms with Crippen LogP contribution in [0.5, 0.6) is 0 Å². The van der Waals surface area contributed by atoms with Crippen molar-refractivity contribution in [3.8, 4) is 0 Å². The van der Waals surface area contributed by atoms with E-state index in [1.807, 2.05) is 11.8 Å². The van der Waals surface area contributed by atoms with Gasteiger partial charge in [0.15, 0.2) is 0 Å². The summed E-state index contributed by atoms with van der Waals surface area (Å²) in [6.45, 7) is 5.49. The number of amides is 1. The summed E-state index contributed by atoms with van der Waals surface area (Å²) in [6, 6.07) is 15.9. The van der Waals surface area contributed by atoms with Crippen molar-refractivity contribution in [1.29, 1.82) is 0 Å². The monoisotopic (exact) mass is 401 g/mol. The summed E-state index contributed by atoms with van der Waals surface area (Å²) in [5.74, 6) is 0.626. The highest BCUT2D eigenvalue weighted by Gasteiger charge is 2.27. The predicted molar refractivity (Wildman–Crippen MR) is 120 cm³/mol. The number of carbonyl (C=O) groups excluding carboxylic acids is 1. The van der Waals surface area contributed by atoms with E-state index in [0.29, 0.717) is 17.9 Å². The smallest absolute Gasteiger partial charge is 0.255 e. The molecule has 154 valence electrons. The standard InChI is InChI=1S/C24H27N5O/c1-16-5-8-20(9-6-16)28-21-12-17(2)27-22(13-21)19-4-3-11-29(15-19)24(30)18-7-10-23(25)26-14-18/h5-10,12-14,19H,3-4,11,15H2,1-2H3,(H2,25,26)(H,27,28). The minimum absolute atomic E-state index is 0.00198. The quantitative estimate of drug-likeness (QED) is 0.675. The SMILES string of the molecule is Cc1ccc(Nc2cc(C)nc(C3CCCN(C(=O)c4ccc(N)nc4)C3)c2)cc1. The van der Waals surface area contributed by atoms with Crippen LogP contribution in [-0.2, 0) is 0 Å². The van der Waals surface area contributed by atoms with E-state index in [4.69, 9.17) is 10.7 Å². The van der Waals surface area contributed by atoms with Gasteiger partial charge in [-0.25, -0.2) is 4.98 Å². The molecule has 0 spiro atoms. The molecule has 1 aromatic carbocycles. The zero-order valence-electron chi connectivity index (χ0n) is 17.4. The summed E-state index contributed by atoms with van der Waals surface area (Å²) in [7, 11) is 0. The molecule has 0 saturated carbocycles. The molecule has 1 aliphatic rings. The Labute approximate surface area is 177 Å². The summed E-state index contributed by atoms with van der Waals surface area (Å²) in [5.41, 5.74) is 11.5. The number of benzene rings is 1. The summed E-state index contributed by atoms with van der Waals surface area (Å²) < 4.78 is 0.